The van der Waals surface area contributed by atoms with E-state index in [1.54, 1.807) is 0 Å². The van der Waals surface area contributed by atoms with Crippen LogP contribution in [-0.4, -0.2) is 23.3 Å². The van der Waals surface area contributed by atoms with Crippen molar-refractivity contribution in [2.45, 2.75) is 32.9 Å². The van der Waals surface area contributed by atoms with Crippen LogP contribution >= 0.6 is 0 Å². The summed E-state index contributed by atoms with van der Waals surface area (Å²) in [5, 5.41) is 0. The van der Waals surface area contributed by atoms with Gasteiger partial charge in [-0.3, -0.25) is 9.69 Å². The molecule has 1 aliphatic rings. The van der Waals surface area contributed by atoms with Crippen molar-refractivity contribution < 1.29 is 4.79 Å². The first kappa shape index (κ1) is 11.3. The number of carbonyl (C=O) groups is 1. The number of carbonyl (C=O) groups excluding carboxylic acids is 1. The van der Waals surface area contributed by atoms with Gasteiger partial charge in [0.25, 0.3) is 0 Å². The van der Waals surface area contributed by atoms with E-state index in [1.165, 1.54) is 5.56 Å². The van der Waals surface area contributed by atoms with Crippen LogP contribution in [0.1, 0.15) is 25.8 Å². The molecule has 1 aliphatic heterocycles. The zero-order valence-electron chi connectivity index (χ0n) is 10.0. The zero-order chi connectivity index (χ0) is 11.5. The number of rotatable bonds is 2. The highest BCUT2D eigenvalue weighted by molar-refractivity contribution is 5.84. The van der Waals surface area contributed by atoms with Crippen LogP contribution in [-0.2, 0) is 11.3 Å². The van der Waals surface area contributed by atoms with E-state index in [0.29, 0.717) is 11.7 Å². The van der Waals surface area contributed by atoms with Gasteiger partial charge in [-0.2, -0.15) is 0 Å². The molecule has 1 saturated heterocycles. The fourth-order valence-electron chi connectivity index (χ4n) is 2.36. The second-order valence-electron chi connectivity index (χ2n) is 4.87. The van der Waals surface area contributed by atoms with Gasteiger partial charge >= 0.3 is 0 Å². The van der Waals surface area contributed by atoms with E-state index in [0.717, 1.165) is 19.5 Å². The van der Waals surface area contributed by atoms with E-state index < -0.39 is 0 Å². The average Bonchev–Trinajstić information content (AvgIpc) is 2.27. The second kappa shape index (κ2) is 4.79. The van der Waals surface area contributed by atoms with E-state index in [9.17, 15) is 4.79 Å². The fraction of sp³-hybridized carbons (Fsp3) is 0.500. The first-order valence-corrected chi connectivity index (χ1v) is 5.97. The molecule has 1 aromatic carbocycles. The molecular formula is C14H19NO. The number of hydrogen-bond acceptors (Lipinski definition) is 2. The maximum Gasteiger partial charge on any atom is 0.150 e. The van der Waals surface area contributed by atoms with Crippen molar-refractivity contribution in [2.24, 2.45) is 5.92 Å². The summed E-state index contributed by atoms with van der Waals surface area (Å²) in [6, 6.07) is 10.4. The van der Waals surface area contributed by atoms with Gasteiger partial charge in [-0.15, -0.1) is 0 Å². The molecule has 0 spiro atoms. The molecular weight excluding hydrogens is 198 g/mol. The quantitative estimate of drug-likeness (QED) is 0.758. The third-order valence-corrected chi connectivity index (χ3v) is 3.34. The molecule has 0 amide bonds. The predicted octanol–water partition coefficient (Wildman–Crippen LogP) is 2.49. The molecule has 2 rings (SSSR count). The van der Waals surface area contributed by atoms with Gasteiger partial charge in [0.2, 0.25) is 0 Å². The molecule has 0 N–H and O–H groups in total. The average molecular weight is 217 g/mol. The molecule has 0 unspecified atom stereocenters. The highest BCUT2D eigenvalue weighted by Gasteiger charge is 2.29. The predicted molar refractivity (Wildman–Crippen MR) is 65.1 cm³/mol. The summed E-state index contributed by atoms with van der Waals surface area (Å²) < 4.78 is 0. The van der Waals surface area contributed by atoms with Gasteiger partial charge in [-0.25, -0.2) is 0 Å². The minimum Gasteiger partial charge on any atom is -0.298 e. The van der Waals surface area contributed by atoms with Crippen LogP contribution < -0.4 is 0 Å². The molecule has 1 aromatic rings. The number of Topliss-reactive ketones (excluding diaryl/α,β-unsaturated/α-hetero) is 1. The SMILES string of the molecule is C[C@@H]1CC(=O)[C@@H](C)N(Cc2ccccc2)C1. The lowest BCUT2D eigenvalue weighted by Gasteiger charge is -2.35. The standard InChI is InChI=1S/C14H19NO/c1-11-8-14(16)12(2)15(9-11)10-13-6-4-3-5-7-13/h3-7,11-12H,8-10H2,1-2H3/t11-,12-/m1/s1. The van der Waals surface area contributed by atoms with Gasteiger partial charge in [0.1, 0.15) is 5.78 Å². The number of likely N-dealkylation sites (tertiary alicyclic amines) is 1. The number of ketones is 1. The van der Waals surface area contributed by atoms with Crippen molar-refractivity contribution in [3.8, 4) is 0 Å². The van der Waals surface area contributed by atoms with Crippen molar-refractivity contribution in [3.63, 3.8) is 0 Å². The van der Waals surface area contributed by atoms with E-state index in [-0.39, 0.29) is 6.04 Å². The number of piperidine rings is 1. The summed E-state index contributed by atoms with van der Waals surface area (Å²) in [5.41, 5.74) is 1.29. The molecule has 0 aromatic heterocycles. The first-order valence-electron chi connectivity index (χ1n) is 5.97. The van der Waals surface area contributed by atoms with Crippen LogP contribution in [0.3, 0.4) is 0 Å². The largest absolute Gasteiger partial charge is 0.298 e. The van der Waals surface area contributed by atoms with Crippen molar-refractivity contribution in [2.75, 3.05) is 6.54 Å². The van der Waals surface area contributed by atoms with Crippen LogP contribution in [0.4, 0.5) is 0 Å². The zero-order valence-corrected chi connectivity index (χ0v) is 10.0. The Hall–Kier alpha value is -1.15. The lowest BCUT2D eigenvalue weighted by Crippen LogP contribution is -2.46. The maximum atomic E-state index is 11.8. The normalized spacial score (nSPS) is 27.0. The summed E-state index contributed by atoms with van der Waals surface area (Å²) in [6.45, 7) is 6.10. The highest BCUT2D eigenvalue weighted by Crippen LogP contribution is 2.20. The Morgan fingerprint density at radius 2 is 1.94 bits per heavy atom. The van der Waals surface area contributed by atoms with Gasteiger partial charge in [-0.1, -0.05) is 37.3 Å². The van der Waals surface area contributed by atoms with E-state index >= 15 is 0 Å². The van der Waals surface area contributed by atoms with Crippen LogP contribution in [0.25, 0.3) is 0 Å². The summed E-state index contributed by atoms with van der Waals surface area (Å²) >= 11 is 0. The summed E-state index contributed by atoms with van der Waals surface area (Å²) in [5.74, 6) is 0.877. The Labute approximate surface area is 97.3 Å². The Morgan fingerprint density at radius 3 is 2.62 bits per heavy atom. The van der Waals surface area contributed by atoms with E-state index in [4.69, 9.17) is 0 Å². The molecule has 2 atom stereocenters. The maximum absolute atomic E-state index is 11.8. The fourth-order valence-corrected chi connectivity index (χ4v) is 2.36. The lowest BCUT2D eigenvalue weighted by atomic mass is 9.93. The highest BCUT2D eigenvalue weighted by atomic mass is 16.1. The van der Waals surface area contributed by atoms with E-state index in [1.807, 2.05) is 13.0 Å². The Morgan fingerprint density at radius 1 is 1.25 bits per heavy atom. The van der Waals surface area contributed by atoms with Crippen LogP contribution in [0.5, 0.6) is 0 Å². The molecule has 0 radical (unpaired) electrons. The van der Waals surface area contributed by atoms with Crippen LogP contribution in [0.2, 0.25) is 0 Å². The third-order valence-electron chi connectivity index (χ3n) is 3.34. The van der Waals surface area contributed by atoms with Crippen molar-refractivity contribution in [3.05, 3.63) is 35.9 Å². The minimum atomic E-state index is 0.0800. The molecule has 0 bridgehead atoms. The topological polar surface area (TPSA) is 20.3 Å². The molecule has 1 fully saturated rings. The number of nitrogens with zero attached hydrogens (tertiary/aromatic N) is 1. The van der Waals surface area contributed by atoms with Gasteiger partial charge < -0.3 is 0 Å². The molecule has 16 heavy (non-hydrogen) atoms. The van der Waals surface area contributed by atoms with Crippen molar-refractivity contribution in [1.29, 1.82) is 0 Å². The van der Waals surface area contributed by atoms with E-state index in [2.05, 4.69) is 36.1 Å². The Kier molecular flexibility index (Phi) is 3.39. The molecule has 2 heteroatoms. The Balaban J connectivity index is 2.06. The summed E-state index contributed by atoms with van der Waals surface area (Å²) in [4.78, 5) is 14.0. The van der Waals surface area contributed by atoms with Crippen LogP contribution in [0, 0.1) is 5.92 Å². The van der Waals surface area contributed by atoms with Gasteiger partial charge in [0, 0.05) is 19.5 Å². The molecule has 1 heterocycles. The third kappa shape index (κ3) is 2.50. The molecule has 2 nitrogen and oxygen atoms in total. The lowest BCUT2D eigenvalue weighted by molar-refractivity contribution is -0.128. The Bertz CT molecular complexity index is 360. The van der Waals surface area contributed by atoms with Gasteiger partial charge in [0.05, 0.1) is 6.04 Å². The monoisotopic (exact) mass is 217 g/mol. The van der Waals surface area contributed by atoms with Gasteiger partial charge in [0.15, 0.2) is 0 Å². The molecule has 0 saturated carbocycles. The summed E-state index contributed by atoms with van der Waals surface area (Å²) in [7, 11) is 0. The van der Waals surface area contributed by atoms with Crippen molar-refractivity contribution >= 4 is 5.78 Å². The minimum absolute atomic E-state index is 0.0800. The number of hydrogen-bond donors (Lipinski definition) is 0. The van der Waals surface area contributed by atoms with Crippen molar-refractivity contribution in [1.82, 2.24) is 4.90 Å². The van der Waals surface area contributed by atoms with Gasteiger partial charge in [-0.05, 0) is 18.4 Å². The van der Waals surface area contributed by atoms with Crippen LogP contribution in [0.15, 0.2) is 30.3 Å². The summed E-state index contributed by atoms with van der Waals surface area (Å²) in [6.07, 6.45) is 0.743. The second-order valence-corrected chi connectivity index (χ2v) is 4.87. The molecule has 86 valence electrons. The first-order chi connectivity index (χ1) is 7.66. The number of benzene rings is 1. The smallest absolute Gasteiger partial charge is 0.150 e. The molecule has 0 aliphatic carbocycles.